The van der Waals surface area contributed by atoms with Crippen molar-refractivity contribution in [2.45, 2.75) is 18.9 Å². The molecular formula is C14H17NO2. The summed E-state index contributed by atoms with van der Waals surface area (Å²) in [5, 5.41) is 0. The van der Waals surface area contributed by atoms with Crippen LogP contribution in [0.25, 0.3) is 0 Å². The lowest BCUT2D eigenvalue weighted by Crippen LogP contribution is -2.28. The lowest BCUT2D eigenvalue weighted by Gasteiger charge is -2.23. The van der Waals surface area contributed by atoms with E-state index in [4.69, 9.17) is 15.2 Å². The van der Waals surface area contributed by atoms with Crippen LogP contribution in [0, 0.1) is 11.8 Å². The summed E-state index contributed by atoms with van der Waals surface area (Å²) in [7, 11) is 0. The monoisotopic (exact) mass is 231 g/mol. The van der Waals surface area contributed by atoms with Crippen molar-refractivity contribution in [3.8, 4) is 17.6 Å². The predicted octanol–water partition coefficient (Wildman–Crippen LogP) is 1.55. The van der Waals surface area contributed by atoms with Crippen LogP contribution < -0.4 is 10.5 Å². The second kappa shape index (κ2) is 6.29. The summed E-state index contributed by atoms with van der Waals surface area (Å²) in [6, 6.07) is 7.79. The van der Waals surface area contributed by atoms with E-state index in [-0.39, 0.29) is 6.10 Å². The molecule has 1 aromatic carbocycles. The van der Waals surface area contributed by atoms with E-state index in [1.165, 1.54) is 0 Å². The third-order valence-electron chi connectivity index (χ3n) is 2.62. The van der Waals surface area contributed by atoms with Gasteiger partial charge >= 0.3 is 0 Å². The Morgan fingerprint density at radius 1 is 1.41 bits per heavy atom. The zero-order chi connectivity index (χ0) is 11.9. The first-order chi connectivity index (χ1) is 8.40. The van der Waals surface area contributed by atoms with Crippen molar-refractivity contribution in [1.82, 2.24) is 0 Å². The first-order valence-corrected chi connectivity index (χ1v) is 5.92. The van der Waals surface area contributed by atoms with Crippen molar-refractivity contribution in [1.29, 1.82) is 0 Å². The molecule has 90 valence electrons. The summed E-state index contributed by atoms with van der Waals surface area (Å²) in [5.41, 5.74) is 6.27. The second-order valence-electron chi connectivity index (χ2n) is 3.96. The molecule has 0 radical (unpaired) electrons. The van der Waals surface area contributed by atoms with Crippen molar-refractivity contribution in [2.24, 2.45) is 5.73 Å². The van der Waals surface area contributed by atoms with Crippen LogP contribution >= 0.6 is 0 Å². The molecule has 0 aromatic heterocycles. The summed E-state index contributed by atoms with van der Waals surface area (Å²) in [6.45, 7) is 1.87. The van der Waals surface area contributed by atoms with Crippen LogP contribution in [0.1, 0.15) is 18.4 Å². The molecule has 1 aromatic rings. The molecule has 0 bridgehead atoms. The summed E-state index contributed by atoms with van der Waals surface area (Å²) < 4.78 is 11.3. The Labute approximate surface area is 102 Å². The molecule has 3 nitrogen and oxygen atoms in total. The molecule has 3 heteroatoms. The van der Waals surface area contributed by atoms with E-state index in [1.54, 1.807) is 0 Å². The molecule has 17 heavy (non-hydrogen) atoms. The van der Waals surface area contributed by atoms with E-state index in [2.05, 4.69) is 11.8 Å². The molecule has 0 amide bonds. The number of hydrogen-bond acceptors (Lipinski definition) is 3. The topological polar surface area (TPSA) is 44.5 Å². The van der Waals surface area contributed by atoms with Crippen molar-refractivity contribution in [3.63, 3.8) is 0 Å². The Morgan fingerprint density at radius 3 is 3.06 bits per heavy atom. The highest BCUT2D eigenvalue weighted by Crippen LogP contribution is 2.21. The Balaban J connectivity index is 2.08. The zero-order valence-corrected chi connectivity index (χ0v) is 9.82. The Kier molecular flexibility index (Phi) is 4.43. The minimum Gasteiger partial charge on any atom is -0.487 e. The van der Waals surface area contributed by atoms with Gasteiger partial charge in [-0.05, 0) is 25.0 Å². The molecular weight excluding hydrogens is 214 g/mol. The Morgan fingerprint density at radius 2 is 2.29 bits per heavy atom. The highest BCUT2D eigenvalue weighted by molar-refractivity contribution is 5.46. The van der Waals surface area contributed by atoms with Gasteiger partial charge in [0.15, 0.2) is 0 Å². The highest BCUT2D eigenvalue weighted by Gasteiger charge is 2.16. The van der Waals surface area contributed by atoms with Gasteiger partial charge in [-0.25, -0.2) is 0 Å². The van der Waals surface area contributed by atoms with Gasteiger partial charge in [-0.2, -0.15) is 0 Å². The lowest BCUT2D eigenvalue weighted by molar-refractivity contribution is 0.00732. The van der Waals surface area contributed by atoms with Gasteiger partial charge in [-0.3, -0.25) is 0 Å². The molecule has 1 aliphatic heterocycles. The Hall–Kier alpha value is -1.50. The van der Waals surface area contributed by atoms with Crippen molar-refractivity contribution < 1.29 is 9.47 Å². The van der Waals surface area contributed by atoms with E-state index in [0.29, 0.717) is 13.2 Å². The number of hydrogen-bond donors (Lipinski definition) is 1. The van der Waals surface area contributed by atoms with E-state index in [9.17, 15) is 0 Å². The van der Waals surface area contributed by atoms with Gasteiger partial charge in [0, 0.05) is 6.61 Å². The second-order valence-corrected chi connectivity index (χ2v) is 3.96. The number of nitrogens with two attached hydrogens (primary N) is 1. The van der Waals surface area contributed by atoms with Gasteiger partial charge in [-0.1, -0.05) is 24.0 Å². The minimum atomic E-state index is 0.143. The van der Waals surface area contributed by atoms with Crippen LogP contribution in [-0.2, 0) is 4.74 Å². The highest BCUT2D eigenvalue weighted by atomic mass is 16.5. The number of benzene rings is 1. The molecule has 0 saturated carbocycles. The molecule has 0 aliphatic carbocycles. The zero-order valence-electron chi connectivity index (χ0n) is 9.82. The third kappa shape index (κ3) is 3.48. The van der Waals surface area contributed by atoms with Crippen LogP contribution in [-0.4, -0.2) is 25.9 Å². The van der Waals surface area contributed by atoms with E-state index in [1.807, 2.05) is 24.3 Å². The molecule has 0 spiro atoms. The van der Waals surface area contributed by atoms with Gasteiger partial charge in [0.1, 0.15) is 11.9 Å². The SMILES string of the molecule is NCC#Cc1ccccc1OC1CCCOC1. The van der Waals surface area contributed by atoms with Crippen LogP contribution in [0.4, 0.5) is 0 Å². The van der Waals surface area contributed by atoms with Gasteiger partial charge in [0.25, 0.3) is 0 Å². The molecule has 1 fully saturated rings. The maximum absolute atomic E-state index is 5.92. The molecule has 1 atom stereocenters. The predicted molar refractivity (Wildman–Crippen MR) is 66.8 cm³/mol. The molecule has 1 heterocycles. The molecule has 1 saturated heterocycles. The van der Waals surface area contributed by atoms with E-state index >= 15 is 0 Å². The van der Waals surface area contributed by atoms with Crippen molar-refractivity contribution in [3.05, 3.63) is 29.8 Å². The smallest absolute Gasteiger partial charge is 0.135 e. The lowest BCUT2D eigenvalue weighted by atomic mass is 10.1. The fourth-order valence-corrected chi connectivity index (χ4v) is 1.80. The van der Waals surface area contributed by atoms with Gasteiger partial charge in [0.2, 0.25) is 0 Å². The number of rotatable bonds is 2. The normalized spacial score (nSPS) is 19.2. The van der Waals surface area contributed by atoms with Crippen LogP contribution in [0.15, 0.2) is 24.3 Å². The van der Waals surface area contributed by atoms with E-state index < -0.39 is 0 Å². The maximum Gasteiger partial charge on any atom is 0.135 e. The quantitative estimate of drug-likeness (QED) is 0.785. The van der Waals surface area contributed by atoms with Crippen LogP contribution in [0.2, 0.25) is 0 Å². The van der Waals surface area contributed by atoms with E-state index in [0.717, 1.165) is 30.8 Å². The molecule has 1 aliphatic rings. The standard InChI is InChI=1S/C14H17NO2/c15-9-3-6-12-5-1-2-8-14(12)17-13-7-4-10-16-11-13/h1-2,5,8,13H,4,7,9-11,15H2. The molecule has 2 N–H and O–H groups in total. The molecule has 1 unspecified atom stereocenters. The first-order valence-electron chi connectivity index (χ1n) is 5.92. The minimum absolute atomic E-state index is 0.143. The maximum atomic E-state index is 5.92. The average molecular weight is 231 g/mol. The van der Waals surface area contributed by atoms with Crippen molar-refractivity contribution in [2.75, 3.05) is 19.8 Å². The summed E-state index contributed by atoms with van der Waals surface area (Å²) in [4.78, 5) is 0. The molecule has 2 rings (SSSR count). The fourth-order valence-electron chi connectivity index (χ4n) is 1.80. The van der Waals surface area contributed by atoms with Gasteiger partial charge < -0.3 is 15.2 Å². The third-order valence-corrected chi connectivity index (χ3v) is 2.62. The summed E-state index contributed by atoms with van der Waals surface area (Å²) in [6.07, 6.45) is 2.24. The summed E-state index contributed by atoms with van der Waals surface area (Å²) in [5.74, 6) is 6.69. The average Bonchev–Trinajstić information content (AvgIpc) is 2.39. The largest absolute Gasteiger partial charge is 0.487 e. The van der Waals surface area contributed by atoms with Crippen LogP contribution in [0.3, 0.4) is 0 Å². The first kappa shape index (κ1) is 12.0. The number of ether oxygens (including phenoxy) is 2. The van der Waals surface area contributed by atoms with Crippen LogP contribution in [0.5, 0.6) is 5.75 Å². The van der Waals surface area contributed by atoms with Gasteiger partial charge in [-0.15, -0.1) is 0 Å². The van der Waals surface area contributed by atoms with Crippen molar-refractivity contribution >= 4 is 0 Å². The van der Waals surface area contributed by atoms with Gasteiger partial charge in [0.05, 0.1) is 18.7 Å². The fraction of sp³-hybridized carbons (Fsp3) is 0.429. The number of para-hydroxylation sites is 1. The summed E-state index contributed by atoms with van der Waals surface area (Å²) >= 11 is 0. The Bertz CT molecular complexity index is 414.